The molecule has 0 unspecified atom stereocenters. The molecule has 1 N–H and O–H groups in total. The number of rotatable bonds is 3. The maximum atomic E-state index is 11.5. The standard InChI is InChI=1S/C12H14N4O3S2/c1-8-2-4-9(5-3-8)16-12(13-14-15-16)20-11-7-21(18,19)6-10(11)17/h2-5,10-11,17H,6-7H2,1H3/t10-,11-/m1/s1. The van der Waals surface area contributed by atoms with E-state index in [1.54, 1.807) is 4.68 Å². The first-order valence-electron chi connectivity index (χ1n) is 6.35. The predicted octanol–water partition coefficient (Wildman–Crippen LogP) is 0.221. The highest BCUT2D eigenvalue weighted by Gasteiger charge is 2.38. The van der Waals surface area contributed by atoms with E-state index in [2.05, 4.69) is 15.5 Å². The van der Waals surface area contributed by atoms with E-state index in [9.17, 15) is 13.5 Å². The van der Waals surface area contributed by atoms with Gasteiger partial charge in [-0.25, -0.2) is 8.42 Å². The summed E-state index contributed by atoms with van der Waals surface area (Å²) in [4.78, 5) is 0. The van der Waals surface area contributed by atoms with Crippen molar-refractivity contribution in [2.24, 2.45) is 0 Å². The molecule has 112 valence electrons. The third-order valence-corrected chi connectivity index (χ3v) is 6.42. The molecule has 0 amide bonds. The second-order valence-electron chi connectivity index (χ2n) is 5.01. The van der Waals surface area contributed by atoms with Crippen LogP contribution < -0.4 is 0 Å². The van der Waals surface area contributed by atoms with E-state index in [0.29, 0.717) is 5.16 Å². The number of aliphatic hydroxyl groups excluding tert-OH is 1. The summed E-state index contributed by atoms with van der Waals surface area (Å²) in [6, 6.07) is 7.66. The summed E-state index contributed by atoms with van der Waals surface area (Å²) in [7, 11) is -3.18. The van der Waals surface area contributed by atoms with Gasteiger partial charge in [0.25, 0.3) is 0 Å². The number of aliphatic hydroxyl groups is 1. The van der Waals surface area contributed by atoms with Crippen molar-refractivity contribution in [2.45, 2.75) is 23.4 Å². The number of nitrogens with zero attached hydrogens (tertiary/aromatic N) is 4. The molecular formula is C12H14N4O3S2. The van der Waals surface area contributed by atoms with Crippen LogP contribution in [0.1, 0.15) is 5.56 Å². The number of aromatic nitrogens is 4. The van der Waals surface area contributed by atoms with E-state index in [1.807, 2.05) is 31.2 Å². The molecular weight excluding hydrogens is 312 g/mol. The Labute approximate surface area is 126 Å². The quantitative estimate of drug-likeness (QED) is 0.861. The molecule has 1 saturated heterocycles. The monoisotopic (exact) mass is 326 g/mol. The van der Waals surface area contributed by atoms with Crippen LogP contribution in [0.15, 0.2) is 29.4 Å². The van der Waals surface area contributed by atoms with Crippen LogP contribution in [0.25, 0.3) is 5.69 Å². The van der Waals surface area contributed by atoms with Gasteiger partial charge in [-0.3, -0.25) is 0 Å². The van der Waals surface area contributed by atoms with Crippen LogP contribution >= 0.6 is 11.8 Å². The van der Waals surface area contributed by atoms with E-state index in [-0.39, 0.29) is 11.5 Å². The summed E-state index contributed by atoms with van der Waals surface area (Å²) in [5.74, 6) is -0.254. The fraction of sp³-hybridized carbons (Fsp3) is 0.417. The normalized spacial score (nSPS) is 24.3. The van der Waals surface area contributed by atoms with Crippen LogP contribution in [0.4, 0.5) is 0 Å². The molecule has 1 fully saturated rings. The molecule has 0 saturated carbocycles. The number of aryl methyl sites for hydroxylation is 1. The van der Waals surface area contributed by atoms with E-state index in [0.717, 1.165) is 11.3 Å². The summed E-state index contributed by atoms with van der Waals surface area (Å²) in [5, 5.41) is 21.4. The van der Waals surface area contributed by atoms with Crippen molar-refractivity contribution in [1.29, 1.82) is 0 Å². The maximum absolute atomic E-state index is 11.5. The van der Waals surface area contributed by atoms with E-state index < -0.39 is 21.2 Å². The van der Waals surface area contributed by atoms with Crippen LogP contribution in [-0.4, -0.2) is 56.6 Å². The van der Waals surface area contributed by atoms with Gasteiger partial charge in [0.15, 0.2) is 9.84 Å². The molecule has 2 aromatic rings. The van der Waals surface area contributed by atoms with E-state index in [1.165, 1.54) is 11.8 Å². The summed E-state index contributed by atoms with van der Waals surface area (Å²) < 4.78 is 24.6. The van der Waals surface area contributed by atoms with Crippen molar-refractivity contribution in [3.05, 3.63) is 29.8 Å². The second-order valence-corrected chi connectivity index (χ2v) is 8.37. The molecule has 3 rings (SSSR count). The highest BCUT2D eigenvalue weighted by Crippen LogP contribution is 2.30. The lowest BCUT2D eigenvalue weighted by atomic mass is 10.2. The van der Waals surface area contributed by atoms with Gasteiger partial charge < -0.3 is 5.11 Å². The molecule has 0 spiro atoms. The molecule has 7 nitrogen and oxygen atoms in total. The topological polar surface area (TPSA) is 98.0 Å². The van der Waals surface area contributed by atoms with Crippen LogP contribution in [0.3, 0.4) is 0 Å². The van der Waals surface area contributed by atoms with Gasteiger partial charge in [-0.1, -0.05) is 29.5 Å². The molecule has 1 aliphatic rings. The van der Waals surface area contributed by atoms with E-state index in [4.69, 9.17) is 0 Å². The molecule has 2 heterocycles. The number of hydrogen-bond donors (Lipinski definition) is 1. The van der Waals surface area contributed by atoms with Gasteiger partial charge in [0.1, 0.15) is 0 Å². The first-order valence-corrected chi connectivity index (χ1v) is 9.05. The minimum atomic E-state index is -3.18. The minimum absolute atomic E-state index is 0.0560. The summed E-state index contributed by atoms with van der Waals surface area (Å²) in [6.45, 7) is 1.98. The molecule has 9 heteroatoms. The van der Waals surface area contributed by atoms with Gasteiger partial charge in [0.2, 0.25) is 5.16 Å². The third kappa shape index (κ3) is 3.09. The van der Waals surface area contributed by atoms with Crippen LogP contribution in [0, 0.1) is 6.92 Å². The van der Waals surface area contributed by atoms with Gasteiger partial charge in [0.05, 0.1) is 28.5 Å². The molecule has 2 atom stereocenters. The fourth-order valence-corrected chi connectivity index (χ4v) is 5.62. The number of tetrazole rings is 1. The lowest BCUT2D eigenvalue weighted by molar-refractivity contribution is 0.207. The third-order valence-electron chi connectivity index (χ3n) is 3.25. The Morgan fingerprint density at radius 1 is 1.29 bits per heavy atom. The van der Waals surface area contributed by atoms with E-state index >= 15 is 0 Å². The van der Waals surface area contributed by atoms with Gasteiger partial charge in [-0.05, 0) is 29.5 Å². The Bertz CT molecular complexity index is 742. The van der Waals surface area contributed by atoms with Crippen molar-refractivity contribution in [3.63, 3.8) is 0 Å². The molecule has 0 aliphatic carbocycles. The van der Waals surface area contributed by atoms with Crippen molar-refractivity contribution < 1.29 is 13.5 Å². The Morgan fingerprint density at radius 3 is 2.62 bits per heavy atom. The predicted molar refractivity (Wildman–Crippen MR) is 78.2 cm³/mol. The summed E-state index contributed by atoms with van der Waals surface area (Å²) >= 11 is 1.19. The molecule has 0 bridgehead atoms. The van der Waals surface area contributed by atoms with Crippen molar-refractivity contribution in [1.82, 2.24) is 20.2 Å². The van der Waals surface area contributed by atoms with Gasteiger partial charge >= 0.3 is 0 Å². The lowest BCUT2D eigenvalue weighted by Gasteiger charge is -2.11. The summed E-state index contributed by atoms with van der Waals surface area (Å²) in [5.41, 5.74) is 1.92. The first-order chi connectivity index (χ1) is 9.94. The molecule has 21 heavy (non-hydrogen) atoms. The van der Waals surface area contributed by atoms with Gasteiger partial charge in [0, 0.05) is 0 Å². The average Bonchev–Trinajstić information content (AvgIpc) is 2.95. The number of benzene rings is 1. The van der Waals surface area contributed by atoms with Crippen LogP contribution in [0.5, 0.6) is 0 Å². The minimum Gasteiger partial charge on any atom is -0.391 e. The second kappa shape index (κ2) is 5.39. The molecule has 0 radical (unpaired) electrons. The Balaban J connectivity index is 1.85. The largest absolute Gasteiger partial charge is 0.391 e. The van der Waals surface area contributed by atoms with Gasteiger partial charge in [-0.2, -0.15) is 4.68 Å². The number of hydrogen-bond acceptors (Lipinski definition) is 7. The van der Waals surface area contributed by atoms with Crippen molar-refractivity contribution >= 4 is 21.6 Å². The Morgan fingerprint density at radius 2 is 2.00 bits per heavy atom. The van der Waals surface area contributed by atoms with Crippen molar-refractivity contribution in [2.75, 3.05) is 11.5 Å². The van der Waals surface area contributed by atoms with Gasteiger partial charge in [-0.15, -0.1) is 5.10 Å². The first kappa shape index (κ1) is 14.5. The van der Waals surface area contributed by atoms with Crippen LogP contribution in [0.2, 0.25) is 0 Å². The molecule has 1 aliphatic heterocycles. The number of thioether (sulfide) groups is 1. The SMILES string of the molecule is Cc1ccc(-n2nnnc2S[C@@H]2CS(=O)(=O)C[C@H]2O)cc1. The fourth-order valence-electron chi connectivity index (χ4n) is 2.15. The highest BCUT2D eigenvalue weighted by molar-refractivity contribution is 8.01. The Kier molecular flexibility index (Phi) is 3.72. The summed E-state index contributed by atoms with van der Waals surface area (Å²) in [6.07, 6.45) is -0.886. The molecule has 1 aromatic heterocycles. The maximum Gasteiger partial charge on any atom is 0.214 e. The zero-order valence-corrected chi connectivity index (χ0v) is 12.9. The Hall–Kier alpha value is -1.45. The van der Waals surface area contributed by atoms with Crippen LogP contribution in [-0.2, 0) is 9.84 Å². The average molecular weight is 326 g/mol. The zero-order chi connectivity index (χ0) is 15.0. The lowest BCUT2D eigenvalue weighted by Crippen LogP contribution is -2.20. The molecule has 1 aromatic carbocycles. The van der Waals surface area contributed by atoms with Crippen molar-refractivity contribution in [3.8, 4) is 5.69 Å². The smallest absolute Gasteiger partial charge is 0.214 e. The zero-order valence-electron chi connectivity index (χ0n) is 11.2. The highest BCUT2D eigenvalue weighted by atomic mass is 32.2. The number of sulfone groups is 1.